The molecule has 2 aromatic rings. The van der Waals surface area contributed by atoms with Crippen molar-refractivity contribution in [3.63, 3.8) is 0 Å². The molecule has 0 atom stereocenters. The highest BCUT2D eigenvalue weighted by Crippen LogP contribution is 1.96. The predicted octanol–water partition coefficient (Wildman–Crippen LogP) is 0.819. The summed E-state index contributed by atoms with van der Waals surface area (Å²) in [4.78, 5) is 23.6. The molecule has 0 aliphatic carbocycles. The third-order valence-electron chi connectivity index (χ3n) is 3.25. The van der Waals surface area contributed by atoms with Crippen molar-refractivity contribution >= 4 is 11.6 Å². The number of aromatic nitrogens is 3. The molecule has 2 rings (SSSR count). The molecule has 0 aromatic carbocycles. The second-order valence-electron chi connectivity index (χ2n) is 4.94. The van der Waals surface area contributed by atoms with Gasteiger partial charge < -0.3 is 10.1 Å². The molecule has 0 spiro atoms. The average Bonchev–Trinajstić information content (AvgIpc) is 2.85. The summed E-state index contributed by atoms with van der Waals surface area (Å²) < 4.78 is 8.11. The maximum Gasteiger partial charge on any atom is 0.350 e. The van der Waals surface area contributed by atoms with E-state index in [1.807, 2.05) is 13.0 Å². The first-order valence-electron chi connectivity index (χ1n) is 7.61. The highest BCUT2D eigenvalue weighted by Gasteiger charge is 2.05. The molecule has 0 aliphatic rings. The molecule has 0 radical (unpaired) electrons. The van der Waals surface area contributed by atoms with Crippen molar-refractivity contribution in [1.82, 2.24) is 19.5 Å². The average molecular weight is 306 g/mol. The van der Waals surface area contributed by atoms with Crippen LogP contribution in [0, 0.1) is 0 Å². The van der Waals surface area contributed by atoms with Gasteiger partial charge in [0.05, 0.1) is 0 Å². The van der Waals surface area contributed by atoms with E-state index >= 15 is 0 Å². The third-order valence-corrected chi connectivity index (χ3v) is 3.25. The fraction of sp³-hybridized carbons (Fsp3) is 0.533. The molecule has 0 unspecified atom stereocenters. The van der Waals surface area contributed by atoms with Crippen LogP contribution in [0.2, 0.25) is 0 Å². The van der Waals surface area contributed by atoms with Crippen LogP contribution >= 0.6 is 0 Å². The van der Waals surface area contributed by atoms with Crippen LogP contribution in [0.3, 0.4) is 0 Å². The fourth-order valence-electron chi connectivity index (χ4n) is 2.14. The molecular weight excluding hydrogens is 284 g/mol. The summed E-state index contributed by atoms with van der Waals surface area (Å²) in [7, 11) is 0. The first-order chi connectivity index (χ1) is 10.7. The number of nitrogens with zero attached hydrogens (tertiary/aromatic N) is 3. The van der Waals surface area contributed by atoms with E-state index in [4.69, 9.17) is 4.74 Å². The van der Waals surface area contributed by atoms with E-state index in [0.717, 1.165) is 6.42 Å². The van der Waals surface area contributed by atoms with Crippen molar-refractivity contribution in [3.05, 3.63) is 34.9 Å². The van der Waals surface area contributed by atoms with Crippen LogP contribution < -0.4 is 11.0 Å². The van der Waals surface area contributed by atoms with Gasteiger partial charge in [-0.05, 0) is 31.9 Å². The Morgan fingerprint density at radius 2 is 2.23 bits per heavy atom. The van der Waals surface area contributed by atoms with Crippen molar-refractivity contribution in [2.45, 2.75) is 32.7 Å². The van der Waals surface area contributed by atoms with Crippen LogP contribution in [-0.4, -0.2) is 39.8 Å². The molecular formula is C15H22N4O3. The lowest BCUT2D eigenvalue weighted by molar-refractivity contribution is -0.121. The van der Waals surface area contributed by atoms with Crippen LogP contribution in [-0.2, 0) is 16.1 Å². The van der Waals surface area contributed by atoms with Gasteiger partial charge in [0.2, 0.25) is 5.91 Å². The normalized spacial score (nSPS) is 11.0. The Morgan fingerprint density at radius 3 is 3.00 bits per heavy atom. The second-order valence-corrected chi connectivity index (χ2v) is 4.94. The second kappa shape index (κ2) is 8.33. The van der Waals surface area contributed by atoms with Crippen LogP contribution in [0.25, 0.3) is 5.65 Å². The molecule has 22 heavy (non-hydrogen) atoms. The molecule has 1 amide bonds. The van der Waals surface area contributed by atoms with E-state index in [9.17, 15) is 9.59 Å². The highest BCUT2D eigenvalue weighted by molar-refractivity contribution is 5.75. The van der Waals surface area contributed by atoms with Gasteiger partial charge in [-0.2, -0.15) is 0 Å². The zero-order valence-electron chi connectivity index (χ0n) is 12.8. The summed E-state index contributed by atoms with van der Waals surface area (Å²) in [5.74, 6) is 0.0158. The monoisotopic (exact) mass is 306 g/mol. The number of pyridine rings is 1. The van der Waals surface area contributed by atoms with Gasteiger partial charge in [0, 0.05) is 38.9 Å². The minimum absolute atomic E-state index is 0.0158. The van der Waals surface area contributed by atoms with Crippen LogP contribution in [0.15, 0.2) is 29.2 Å². The Bertz CT molecular complexity index is 662. The minimum atomic E-state index is -0.154. The number of ether oxygens (including phenoxy) is 1. The van der Waals surface area contributed by atoms with Crippen molar-refractivity contribution in [2.75, 3.05) is 19.8 Å². The molecule has 0 saturated heterocycles. The number of hydrogen-bond donors (Lipinski definition) is 1. The van der Waals surface area contributed by atoms with E-state index in [1.54, 1.807) is 18.3 Å². The molecule has 0 saturated carbocycles. The Balaban J connectivity index is 1.71. The van der Waals surface area contributed by atoms with Gasteiger partial charge in [-0.25, -0.2) is 9.48 Å². The molecule has 2 heterocycles. The predicted molar refractivity (Wildman–Crippen MR) is 82.8 cm³/mol. The summed E-state index contributed by atoms with van der Waals surface area (Å²) in [5.41, 5.74) is 0.478. The fourth-order valence-corrected chi connectivity index (χ4v) is 2.14. The Morgan fingerprint density at radius 1 is 1.36 bits per heavy atom. The van der Waals surface area contributed by atoms with E-state index in [1.165, 1.54) is 9.08 Å². The highest BCUT2D eigenvalue weighted by atomic mass is 16.5. The lowest BCUT2D eigenvalue weighted by atomic mass is 10.3. The lowest BCUT2D eigenvalue weighted by Crippen LogP contribution is -2.27. The smallest absolute Gasteiger partial charge is 0.350 e. The van der Waals surface area contributed by atoms with Gasteiger partial charge in [0.1, 0.15) is 0 Å². The number of hydrogen-bond acceptors (Lipinski definition) is 4. The molecule has 0 fully saturated rings. The maximum atomic E-state index is 12.0. The number of rotatable bonds is 9. The Hall–Kier alpha value is -2.15. The molecule has 0 bridgehead atoms. The SMILES string of the molecule is CCOCCCC(=O)NCCCn1nc2ccccn2c1=O. The van der Waals surface area contributed by atoms with Gasteiger partial charge in [0.25, 0.3) is 0 Å². The van der Waals surface area contributed by atoms with Crippen molar-refractivity contribution < 1.29 is 9.53 Å². The number of amides is 1. The summed E-state index contributed by atoms with van der Waals surface area (Å²) in [5, 5.41) is 7.08. The summed E-state index contributed by atoms with van der Waals surface area (Å²) in [6, 6.07) is 5.43. The van der Waals surface area contributed by atoms with E-state index in [2.05, 4.69) is 10.4 Å². The molecule has 120 valence electrons. The maximum absolute atomic E-state index is 12.0. The summed E-state index contributed by atoms with van der Waals surface area (Å²) in [6.45, 7) is 4.24. The summed E-state index contributed by atoms with van der Waals surface area (Å²) in [6.07, 6.45) is 3.56. The van der Waals surface area contributed by atoms with Gasteiger partial charge in [-0.3, -0.25) is 9.20 Å². The zero-order chi connectivity index (χ0) is 15.8. The van der Waals surface area contributed by atoms with Crippen LogP contribution in [0.5, 0.6) is 0 Å². The molecule has 7 heteroatoms. The van der Waals surface area contributed by atoms with E-state index in [-0.39, 0.29) is 11.6 Å². The number of carbonyl (C=O) groups excluding carboxylic acids is 1. The van der Waals surface area contributed by atoms with Crippen molar-refractivity contribution in [3.8, 4) is 0 Å². The number of aryl methyl sites for hydroxylation is 1. The van der Waals surface area contributed by atoms with Crippen LogP contribution in [0.1, 0.15) is 26.2 Å². The zero-order valence-corrected chi connectivity index (χ0v) is 12.8. The third kappa shape index (κ3) is 4.42. The topological polar surface area (TPSA) is 77.6 Å². The summed E-state index contributed by atoms with van der Waals surface area (Å²) >= 11 is 0. The largest absolute Gasteiger partial charge is 0.382 e. The first kappa shape index (κ1) is 16.2. The molecule has 1 N–H and O–H groups in total. The van der Waals surface area contributed by atoms with Gasteiger partial charge in [-0.1, -0.05) is 6.07 Å². The Labute approximate surface area is 128 Å². The number of carbonyl (C=O) groups is 1. The molecule has 0 aliphatic heterocycles. The number of nitrogens with one attached hydrogen (secondary N) is 1. The van der Waals surface area contributed by atoms with Crippen LogP contribution in [0.4, 0.5) is 0 Å². The molecule has 2 aromatic heterocycles. The van der Waals surface area contributed by atoms with E-state index < -0.39 is 0 Å². The molecule has 7 nitrogen and oxygen atoms in total. The van der Waals surface area contributed by atoms with Gasteiger partial charge >= 0.3 is 5.69 Å². The first-order valence-corrected chi connectivity index (χ1v) is 7.61. The quantitative estimate of drug-likeness (QED) is 0.696. The van der Waals surface area contributed by atoms with Crippen molar-refractivity contribution in [2.24, 2.45) is 0 Å². The number of fused-ring (bicyclic) bond motifs is 1. The lowest BCUT2D eigenvalue weighted by Gasteiger charge is -2.05. The minimum Gasteiger partial charge on any atom is -0.382 e. The van der Waals surface area contributed by atoms with Gasteiger partial charge in [0.15, 0.2) is 5.65 Å². The van der Waals surface area contributed by atoms with Crippen molar-refractivity contribution in [1.29, 1.82) is 0 Å². The van der Waals surface area contributed by atoms with Gasteiger partial charge in [-0.15, -0.1) is 5.10 Å². The van der Waals surface area contributed by atoms with E-state index in [0.29, 0.717) is 44.8 Å². The Kier molecular flexibility index (Phi) is 6.14. The standard InChI is InChI=1S/C15H22N4O3/c1-2-22-12-5-8-14(20)16-9-6-11-19-15(21)18-10-4-3-7-13(18)17-19/h3-4,7,10H,2,5-6,8-9,11-12H2,1H3,(H,16,20).